The highest BCUT2D eigenvalue weighted by molar-refractivity contribution is 7.09. The number of H-pyrrole nitrogens is 1. The van der Waals surface area contributed by atoms with Crippen molar-refractivity contribution in [1.29, 1.82) is 0 Å². The number of benzene rings is 1. The third-order valence-corrected chi connectivity index (χ3v) is 4.89. The van der Waals surface area contributed by atoms with Gasteiger partial charge in [-0.25, -0.2) is 5.43 Å². The van der Waals surface area contributed by atoms with E-state index in [0.717, 1.165) is 4.88 Å². The largest absolute Gasteiger partial charge is 0.281 e. The quantitative estimate of drug-likeness (QED) is 0.521. The van der Waals surface area contributed by atoms with Gasteiger partial charge in [0.05, 0.1) is 32.4 Å². The fraction of sp³-hybridized carbons (Fsp3) is 0.133. The summed E-state index contributed by atoms with van der Waals surface area (Å²) in [6.07, 6.45) is 1.40. The number of rotatable bonds is 4. The second-order valence-electron chi connectivity index (χ2n) is 5.09. The van der Waals surface area contributed by atoms with E-state index in [1.54, 1.807) is 25.1 Å². The van der Waals surface area contributed by atoms with E-state index in [1.165, 1.54) is 17.7 Å². The number of halogens is 2. The monoisotopic (exact) mass is 394 g/mol. The lowest BCUT2D eigenvalue weighted by molar-refractivity contribution is 0.0955. The van der Waals surface area contributed by atoms with E-state index in [0.29, 0.717) is 38.3 Å². The molecule has 0 saturated heterocycles. The number of aryl methyl sites for hydroxylation is 2. The predicted molar refractivity (Wildman–Crippen MR) is 98.5 cm³/mol. The molecule has 0 unspecified atom stereocenters. The van der Waals surface area contributed by atoms with Crippen LogP contribution in [-0.2, 0) is 0 Å². The summed E-state index contributed by atoms with van der Waals surface area (Å²) in [5.74, 6) is -0.409. The van der Waals surface area contributed by atoms with Crippen molar-refractivity contribution >= 4 is 46.9 Å². The Balaban J connectivity index is 1.84. The molecule has 3 aromatic rings. The molecule has 0 aliphatic carbocycles. The van der Waals surface area contributed by atoms with Gasteiger partial charge in [0.1, 0.15) is 5.69 Å². The number of nitrogens with one attached hydrogen (secondary N) is 2. The number of nitrogens with zero attached hydrogens (tertiary/aromatic N) is 4. The first-order valence-corrected chi connectivity index (χ1v) is 8.63. The van der Waals surface area contributed by atoms with Gasteiger partial charge in [0.2, 0.25) is 0 Å². The maximum Gasteiger partial charge on any atom is 0.275 e. The Kier molecular flexibility index (Phi) is 5.12. The molecule has 2 heterocycles. The lowest BCUT2D eigenvalue weighted by Gasteiger charge is -2.03. The highest BCUT2D eigenvalue weighted by atomic mass is 35.5. The molecule has 0 radical (unpaired) electrons. The van der Waals surface area contributed by atoms with E-state index in [4.69, 9.17) is 23.2 Å². The number of aromatic amines is 1. The van der Waals surface area contributed by atoms with Crippen molar-refractivity contribution in [1.82, 2.24) is 25.2 Å². The highest BCUT2D eigenvalue weighted by Gasteiger charge is 2.22. The van der Waals surface area contributed by atoms with Crippen LogP contribution in [0, 0.1) is 13.8 Å². The van der Waals surface area contributed by atoms with Crippen molar-refractivity contribution in [2.45, 2.75) is 13.8 Å². The Morgan fingerprint density at radius 2 is 2.04 bits per heavy atom. The molecule has 0 bridgehead atoms. The molecule has 0 aliphatic heterocycles. The predicted octanol–water partition coefficient (Wildman–Crippen LogP) is 3.62. The molecule has 0 fully saturated rings. The first-order chi connectivity index (χ1) is 12.0. The average Bonchev–Trinajstić information content (AvgIpc) is 3.15. The molecule has 0 saturated carbocycles. The zero-order valence-electron chi connectivity index (χ0n) is 13.2. The third-order valence-electron chi connectivity index (χ3n) is 3.40. The van der Waals surface area contributed by atoms with Gasteiger partial charge in [-0.1, -0.05) is 33.8 Å². The molecular weight excluding hydrogens is 383 g/mol. The van der Waals surface area contributed by atoms with Crippen molar-refractivity contribution in [2.24, 2.45) is 5.10 Å². The maximum absolute atomic E-state index is 12.5. The molecule has 1 aromatic carbocycles. The van der Waals surface area contributed by atoms with Crippen molar-refractivity contribution in [3.63, 3.8) is 0 Å². The van der Waals surface area contributed by atoms with Gasteiger partial charge >= 0.3 is 0 Å². The number of hydrogen-bond acceptors (Lipinski definition) is 6. The average molecular weight is 395 g/mol. The molecule has 0 spiro atoms. The van der Waals surface area contributed by atoms with Gasteiger partial charge in [-0.3, -0.25) is 9.89 Å². The molecule has 0 aliphatic rings. The van der Waals surface area contributed by atoms with Crippen LogP contribution in [0.4, 0.5) is 0 Å². The number of hydrazone groups is 1. The molecule has 1 amide bonds. The minimum absolute atomic E-state index is 0.386. The molecule has 7 nitrogen and oxygen atoms in total. The fourth-order valence-electron chi connectivity index (χ4n) is 2.17. The van der Waals surface area contributed by atoms with Crippen LogP contribution in [0.3, 0.4) is 0 Å². The molecule has 128 valence electrons. The molecular formula is C15H12Cl2N6OS. The Morgan fingerprint density at radius 1 is 1.32 bits per heavy atom. The van der Waals surface area contributed by atoms with Gasteiger partial charge in [-0.05, 0) is 37.5 Å². The van der Waals surface area contributed by atoms with Gasteiger partial charge in [-0.2, -0.15) is 10.2 Å². The van der Waals surface area contributed by atoms with E-state index < -0.39 is 5.91 Å². The van der Waals surface area contributed by atoms with E-state index in [9.17, 15) is 4.79 Å². The summed E-state index contributed by atoms with van der Waals surface area (Å²) in [7, 11) is 0. The Hall–Kier alpha value is -2.29. The fourth-order valence-corrected chi connectivity index (χ4v) is 3.31. The van der Waals surface area contributed by atoms with Gasteiger partial charge in [-0.15, -0.1) is 5.10 Å². The van der Waals surface area contributed by atoms with E-state index >= 15 is 0 Å². The van der Waals surface area contributed by atoms with Crippen molar-refractivity contribution in [2.75, 3.05) is 0 Å². The van der Waals surface area contributed by atoms with E-state index in [2.05, 4.69) is 30.3 Å². The highest BCUT2D eigenvalue weighted by Crippen LogP contribution is 2.28. The normalized spacial score (nSPS) is 11.2. The summed E-state index contributed by atoms with van der Waals surface area (Å²) >= 11 is 13.3. The van der Waals surface area contributed by atoms with Gasteiger partial charge in [0.15, 0.2) is 0 Å². The summed E-state index contributed by atoms with van der Waals surface area (Å²) in [5, 5.41) is 15.8. The molecule has 25 heavy (non-hydrogen) atoms. The third kappa shape index (κ3) is 3.55. The molecule has 10 heteroatoms. The van der Waals surface area contributed by atoms with Gasteiger partial charge in [0.25, 0.3) is 5.91 Å². The van der Waals surface area contributed by atoms with Crippen LogP contribution in [-0.4, -0.2) is 31.9 Å². The number of hydrogen-bond donors (Lipinski definition) is 2. The Bertz CT molecular complexity index is 945. The first kappa shape index (κ1) is 17.5. The SMILES string of the molecule is Cc1nnsc1-c1n[nH]c(C)c1C(=O)NN=Cc1c(Cl)cccc1Cl. The van der Waals surface area contributed by atoms with Crippen LogP contribution in [0.2, 0.25) is 10.0 Å². The molecule has 2 aromatic heterocycles. The van der Waals surface area contributed by atoms with Crippen molar-refractivity contribution in [3.8, 4) is 10.6 Å². The summed E-state index contributed by atoms with van der Waals surface area (Å²) in [6.45, 7) is 3.56. The Morgan fingerprint density at radius 3 is 2.68 bits per heavy atom. The number of aromatic nitrogens is 4. The van der Waals surface area contributed by atoms with Crippen LogP contribution in [0.1, 0.15) is 27.3 Å². The van der Waals surface area contributed by atoms with Crippen LogP contribution in [0.25, 0.3) is 10.6 Å². The summed E-state index contributed by atoms with van der Waals surface area (Å²) in [4.78, 5) is 13.3. The minimum Gasteiger partial charge on any atom is -0.281 e. The zero-order valence-corrected chi connectivity index (χ0v) is 15.5. The second kappa shape index (κ2) is 7.30. The van der Waals surface area contributed by atoms with Crippen molar-refractivity contribution < 1.29 is 4.79 Å². The van der Waals surface area contributed by atoms with E-state index in [-0.39, 0.29) is 0 Å². The van der Waals surface area contributed by atoms with Gasteiger partial charge in [0, 0.05) is 11.3 Å². The number of carbonyl (C=O) groups excluding carboxylic acids is 1. The standard InChI is InChI=1S/C15H12Cl2N6OS/c1-7-12(13(21-19-7)14-8(2)20-23-25-14)15(24)22-18-6-9-10(16)4-3-5-11(9)17/h3-6H,1-2H3,(H,19,21)(H,22,24). The molecule has 0 atom stereocenters. The van der Waals surface area contributed by atoms with Crippen LogP contribution < -0.4 is 5.43 Å². The maximum atomic E-state index is 12.5. The number of amides is 1. The summed E-state index contributed by atoms with van der Waals surface area (Å²) in [5.41, 5.74) is 5.20. The van der Waals surface area contributed by atoms with Gasteiger partial charge < -0.3 is 0 Å². The van der Waals surface area contributed by atoms with Crippen molar-refractivity contribution in [3.05, 3.63) is 50.8 Å². The van der Waals surface area contributed by atoms with E-state index in [1.807, 2.05) is 6.92 Å². The molecule has 3 rings (SSSR count). The lowest BCUT2D eigenvalue weighted by Crippen LogP contribution is -2.19. The topological polar surface area (TPSA) is 95.9 Å². The van der Waals surface area contributed by atoms with Crippen LogP contribution in [0.5, 0.6) is 0 Å². The smallest absolute Gasteiger partial charge is 0.275 e. The summed E-state index contributed by atoms with van der Waals surface area (Å²) < 4.78 is 3.88. The molecule has 2 N–H and O–H groups in total. The van der Waals surface area contributed by atoms with Crippen LogP contribution in [0.15, 0.2) is 23.3 Å². The zero-order chi connectivity index (χ0) is 18.0. The first-order valence-electron chi connectivity index (χ1n) is 7.10. The number of carbonyl (C=O) groups is 1. The van der Waals surface area contributed by atoms with Crippen LogP contribution >= 0.6 is 34.7 Å². The lowest BCUT2D eigenvalue weighted by atomic mass is 10.1. The Labute approximate surface area is 157 Å². The minimum atomic E-state index is -0.409. The summed E-state index contributed by atoms with van der Waals surface area (Å²) in [6, 6.07) is 5.11. The second-order valence-corrected chi connectivity index (χ2v) is 6.66.